The van der Waals surface area contributed by atoms with Gasteiger partial charge in [0.15, 0.2) is 0 Å². The van der Waals surface area contributed by atoms with E-state index in [0.717, 1.165) is 22.5 Å². The molecule has 0 aliphatic carbocycles. The molecule has 0 fully saturated rings. The van der Waals surface area contributed by atoms with E-state index in [0.29, 0.717) is 14.1 Å². The van der Waals surface area contributed by atoms with Crippen LogP contribution in [0.4, 0.5) is 11.4 Å². The van der Waals surface area contributed by atoms with Crippen LogP contribution in [0.2, 0.25) is 0 Å². The van der Waals surface area contributed by atoms with Crippen LogP contribution in [0.25, 0.3) is 0 Å². The number of hydrogen-bond donors (Lipinski definition) is 2. The summed E-state index contributed by atoms with van der Waals surface area (Å²) in [5.41, 5.74) is 4.46. The second-order valence-corrected chi connectivity index (χ2v) is 8.59. The third-order valence-electron chi connectivity index (χ3n) is 4.79. The van der Waals surface area contributed by atoms with Gasteiger partial charge in [-0.15, -0.1) is 0 Å². The van der Waals surface area contributed by atoms with Crippen LogP contribution < -0.4 is 15.9 Å². The Balaban J connectivity index is 1.42. The van der Waals surface area contributed by atoms with Gasteiger partial charge in [-0.3, -0.25) is 20.1 Å². The molecule has 4 rings (SSSR count). The molecule has 2 N–H and O–H groups in total. The summed E-state index contributed by atoms with van der Waals surface area (Å²) in [5, 5.41) is 7.89. The molecule has 1 aliphatic heterocycles. The van der Waals surface area contributed by atoms with E-state index in [1.165, 1.54) is 5.30 Å². The number of para-hydroxylation sites is 1. The van der Waals surface area contributed by atoms with Crippen LogP contribution in [-0.2, 0) is 0 Å². The average Bonchev–Trinajstić information content (AvgIpc) is 2.74. The predicted molar refractivity (Wildman–Crippen MR) is 121 cm³/mol. The number of hydrogen-bond acceptors (Lipinski definition) is 4. The number of aryl methyl sites for hydroxylation is 1. The minimum Gasteiger partial charge on any atom is -0.322 e. The number of pyridine rings is 1. The molecule has 5 nitrogen and oxygen atoms in total. The van der Waals surface area contributed by atoms with E-state index in [9.17, 15) is 4.79 Å². The second-order valence-electron chi connectivity index (χ2n) is 7.14. The number of benzene rings is 2. The van der Waals surface area contributed by atoms with Crippen molar-refractivity contribution in [1.29, 1.82) is 0 Å². The quantitative estimate of drug-likeness (QED) is 0.624. The molecule has 3 aromatic rings. The lowest BCUT2D eigenvalue weighted by Crippen LogP contribution is -2.32. The van der Waals surface area contributed by atoms with Gasteiger partial charge in [0.1, 0.15) is 0 Å². The smallest absolute Gasteiger partial charge is 0.257 e. The Kier molecular flexibility index (Phi) is 5.79. The van der Waals surface area contributed by atoms with E-state index in [1.807, 2.05) is 49.5 Å². The van der Waals surface area contributed by atoms with Crippen molar-refractivity contribution in [1.82, 2.24) is 10.3 Å². The predicted octanol–water partition coefficient (Wildman–Crippen LogP) is 4.34. The standard InChI is InChI=1S/C23H23N4OP/c1-15-10-18(13-24-12-15)23(28)27-19-7-5-6-17(11-19)16(2)26-22-14-25-20-8-3-4-9-21(20)29-22/h3-14,16,22,26,29H,1-2H3,(H,27,28). The summed E-state index contributed by atoms with van der Waals surface area (Å²) < 4.78 is 0. The van der Waals surface area contributed by atoms with Gasteiger partial charge in [-0.25, -0.2) is 0 Å². The largest absolute Gasteiger partial charge is 0.322 e. The van der Waals surface area contributed by atoms with Crippen LogP contribution in [0.3, 0.4) is 0 Å². The molecule has 2 aromatic carbocycles. The van der Waals surface area contributed by atoms with E-state index >= 15 is 0 Å². The van der Waals surface area contributed by atoms with E-state index in [-0.39, 0.29) is 17.7 Å². The molecule has 1 aliphatic rings. The summed E-state index contributed by atoms with van der Waals surface area (Å²) in [5.74, 6) is 0.0491. The van der Waals surface area contributed by atoms with E-state index in [1.54, 1.807) is 12.4 Å². The zero-order valence-electron chi connectivity index (χ0n) is 16.4. The molecule has 6 heteroatoms. The summed E-state index contributed by atoms with van der Waals surface area (Å²) in [6.07, 6.45) is 5.31. The lowest BCUT2D eigenvalue weighted by molar-refractivity contribution is 0.102. The molecule has 2 heterocycles. The minimum absolute atomic E-state index is 0.127. The Morgan fingerprint density at radius 3 is 2.83 bits per heavy atom. The number of aromatic nitrogens is 1. The van der Waals surface area contributed by atoms with E-state index in [2.05, 4.69) is 45.7 Å². The summed E-state index contributed by atoms with van der Waals surface area (Å²) in [6, 6.07) is 18.2. The summed E-state index contributed by atoms with van der Waals surface area (Å²) in [7, 11) is 0.638. The number of anilines is 1. The molecule has 0 saturated carbocycles. The average molecular weight is 402 g/mol. The van der Waals surface area contributed by atoms with Crippen LogP contribution in [-0.4, -0.2) is 22.9 Å². The van der Waals surface area contributed by atoms with Crippen LogP contribution in [0, 0.1) is 6.92 Å². The monoisotopic (exact) mass is 402 g/mol. The summed E-state index contributed by atoms with van der Waals surface area (Å²) >= 11 is 0. The van der Waals surface area contributed by atoms with Crippen LogP contribution >= 0.6 is 8.58 Å². The highest BCUT2D eigenvalue weighted by Gasteiger charge is 2.17. The van der Waals surface area contributed by atoms with Gasteiger partial charge in [-0.05, 0) is 49.2 Å². The second kappa shape index (κ2) is 8.64. The van der Waals surface area contributed by atoms with Gasteiger partial charge in [-0.1, -0.05) is 38.9 Å². The molecular formula is C23H23N4OP. The number of amides is 1. The fourth-order valence-electron chi connectivity index (χ4n) is 3.29. The number of nitrogens with one attached hydrogen (secondary N) is 2. The number of rotatable bonds is 5. The number of nitrogens with zero attached hydrogens (tertiary/aromatic N) is 2. The van der Waals surface area contributed by atoms with Gasteiger partial charge in [-0.2, -0.15) is 0 Å². The van der Waals surface area contributed by atoms with Gasteiger partial charge in [0.05, 0.1) is 17.0 Å². The van der Waals surface area contributed by atoms with Crippen LogP contribution in [0.5, 0.6) is 0 Å². The topological polar surface area (TPSA) is 66.4 Å². The third kappa shape index (κ3) is 4.76. The first kappa shape index (κ1) is 19.4. The molecule has 1 amide bonds. The molecule has 0 radical (unpaired) electrons. The first-order chi connectivity index (χ1) is 14.1. The van der Waals surface area contributed by atoms with Gasteiger partial charge in [0.2, 0.25) is 0 Å². The Hall–Kier alpha value is -2.88. The van der Waals surface area contributed by atoms with Crippen molar-refractivity contribution >= 4 is 37.4 Å². The Labute approximate surface area is 172 Å². The van der Waals surface area contributed by atoms with Crippen LogP contribution in [0.15, 0.2) is 72.0 Å². The number of aliphatic imine (C=N–C) groups is 1. The fourth-order valence-corrected chi connectivity index (χ4v) is 4.59. The normalized spacial score (nSPS) is 17.0. The van der Waals surface area contributed by atoms with Gasteiger partial charge < -0.3 is 5.32 Å². The van der Waals surface area contributed by atoms with Crippen molar-refractivity contribution in [2.24, 2.45) is 4.99 Å². The number of carbonyl (C=O) groups is 1. The zero-order valence-corrected chi connectivity index (χ0v) is 17.4. The molecule has 0 spiro atoms. The molecule has 1 aromatic heterocycles. The van der Waals surface area contributed by atoms with Gasteiger partial charge >= 0.3 is 0 Å². The highest BCUT2D eigenvalue weighted by Crippen LogP contribution is 2.29. The highest BCUT2D eigenvalue weighted by molar-refractivity contribution is 7.49. The molecule has 3 unspecified atom stereocenters. The van der Waals surface area contributed by atoms with Gasteiger partial charge in [0.25, 0.3) is 5.91 Å². The van der Waals surface area contributed by atoms with E-state index in [4.69, 9.17) is 0 Å². The van der Waals surface area contributed by atoms with Crippen molar-refractivity contribution in [2.45, 2.75) is 25.7 Å². The number of fused-ring (bicyclic) bond motifs is 1. The number of carbonyl (C=O) groups excluding carboxylic acids is 1. The van der Waals surface area contributed by atoms with Crippen LogP contribution in [0.1, 0.15) is 34.5 Å². The maximum atomic E-state index is 12.5. The summed E-state index contributed by atoms with van der Waals surface area (Å²) in [6.45, 7) is 4.05. The Morgan fingerprint density at radius 2 is 1.97 bits per heavy atom. The first-order valence-electron chi connectivity index (χ1n) is 9.57. The van der Waals surface area contributed by atoms with Crippen molar-refractivity contribution in [3.05, 3.63) is 83.7 Å². The summed E-state index contributed by atoms with van der Waals surface area (Å²) in [4.78, 5) is 21.2. The van der Waals surface area contributed by atoms with Crippen molar-refractivity contribution in [3.8, 4) is 0 Å². The minimum atomic E-state index is -0.156. The van der Waals surface area contributed by atoms with Crippen molar-refractivity contribution in [3.63, 3.8) is 0 Å². The maximum absolute atomic E-state index is 12.5. The zero-order chi connectivity index (χ0) is 20.2. The first-order valence-corrected chi connectivity index (χ1v) is 10.6. The Morgan fingerprint density at radius 1 is 1.10 bits per heavy atom. The lowest BCUT2D eigenvalue weighted by atomic mass is 10.1. The molecule has 3 atom stereocenters. The van der Waals surface area contributed by atoms with Gasteiger partial charge in [0, 0.05) is 35.6 Å². The molecule has 0 saturated heterocycles. The molecule has 29 heavy (non-hydrogen) atoms. The maximum Gasteiger partial charge on any atom is 0.257 e. The lowest BCUT2D eigenvalue weighted by Gasteiger charge is -2.24. The SMILES string of the molecule is Cc1cncc(C(=O)Nc2cccc(C(C)NC3C=Nc4ccccc4P3)c2)c1. The fraction of sp³-hybridized carbons (Fsp3) is 0.174. The highest BCUT2D eigenvalue weighted by atomic mass is 31.1. The molecule has 146 valence electrons. The van der Waals surface area contributed by atoms with E-state index < -0.39 is 0 Å². The molecular weight excluding hydrogens is 379 g/mol. The molecule has 0 bridgehead atoms. The Bertz CT molecular complexity index is 1070. The van der Waals surface area contributed by atoms with Crippen molar-refractivity contribution < 1.29 is 4.79 Å². The third-order valence-corrected chi connectivity index (χ3v) is 6.15. The van der Waals surface area contributed by atoms with Crippen molar-refractivity contribution in [2.75, 3.05) is 5.32 Å².